The van der Waals surface area contributed by atoms with Gasteiger partial charge < -0.3 is 18.9 Å². The third-order valence-corrected chi connectivity index (χ3v) is 5.46. The highest BCUT2D eigenvalue weighted by Crippen LogP contribution is 2.39. The van der Waals surface area contributed by atoms with Crippen molar-refractivity contribution < 1.29 is 23.7 Å². The molecule has 5 rings (SSSR count). The molecule has 0 saturated heterocycles. The lowest BCUT2D eigenvalue weighted by atomic mass is 10.1. The highest BCUT2D eigenvalue weighted by atomic mass is 35.5. The van der Waals surface area contributed by atoms with Crippen LogP contribution in [-0.2, 0) is 0 Å². The van der Waals surface area contributed by atoms with Crippen LogP contribution in [0.4, 0.5) is 5.13 Å². The summed E-state index contributed by atoms with van der Waals surface area (Å²) < 4.78 is 22.2. The molecule has 0 unspecified atom stereocenters. The molecular formula is C20H15ClN2O5S. The van der Waals surface area contributed by atoms with Gasteiger partial charge in [0, 0.05) is 16.5 Å². The predicted molar refractivity (Wildman–Crippen MR) is 109 cm³/mol. The lowest BCUT2D eigenvalue weighted by Crippen LogP contribution is -2.17. The molecule has 3 aromatic rings. The number of carbonyl (C=O) groups is 1. The van der Waals surface area contributed by atoms with Crippen molar-refractivity contribution in [2.24, 2.45) is 0 Å². The minimum Gasteiger partial charge on any atom is -0.486 e. The molecule has 9 heteroatoms. The summed E-state index contributed by atoms with van der Waals surface area (Å²) in [7, 11) is 0. The first kappa shape index (κ1) is 18.1. The van der Waals surface area contributed by atoms with Crippen LogP contribution in [0.15, 0.2) is 35.7 Å². The van der Waals surface area contributed by atoms with Crippen molar-refractivity contribution in [1.29, 1.82) is 0 Å². The van der Waals surface area contributed by atoms with Gasteiger partial charge in [-0.1, -0.05) is 11.6 Å². The molecule has 0 bridgehead atoms. The molecule has 1 N–H and O–H groups in total. The summed E-state index contributed by atoms with van der Waals surface area (Å²) in [5.41, 5.74) is 1.99. The molecule has 7 nitrogen and oxygen atoms in total. The number of hydrogen-bond acceptors (Lipinski definition) is 7. The van der Waals surface area contributed by atoms with Gasteiger partial charge in [-0.05, 0) is 30.3 Å². The maximum absolute atomic E-state index is 12.7. The van der Waals surface area contributed by atoms with Crippen LogP contribution < -0.4 is 24.3 Å². The molecule has 3 heterocycles. The molecule has 0 spiro atoms. The maximum Gasteiger partial charge on any atom is 0.257 e. The van der Waals surface area contributed by atoms with Gasteiger partial charge in [0.2, 0.25) is 0 Å². The second-order valence-corrected chi connectivity index (χ2v) is 7.60. The average Bonchev–Trinajstić information content (AvgIpc) is 3.22. The summed E-state index contributed by atoms with van der Waals surface area (Å²) in [5.74, 6) is 2.01. The summed E-state index contributed by atoms with van der Waals surface area (Å²) in [5, 5.41) is 5.49. The minimum atomic E-state index is -0.327. The number of anilines is 1. The smallest absolute Gasteiger partial charge is 0.257 e. The van der Waals surface area contributed by atoms with Crippen LogP contribution in [0.5, 0.6) is 23.0 Å². The lowest BCUT2D eigenvalue weighted by molar-refractivity contribution is 0.102. The van der Waals surface area contributed by atoms with Crippen LogP contribution in [0.1, 0.15) is 10.4 Å². The zero-order chi connectivity index (χ0) is 19.8. The first-order valence-electron chi connectivity index (χ1n) is 8.93. The van der Waals surface area contributed by atoms with Gasteiger partial charge in [0.05, 0.1) is 10.7 Å². The van der Waals surface area contributed by atoms with Crippen LogP contribution in [0.2, 0.25) is 5.02 Å². The van der Waals surface area contributed by atoms with Crippen molar-refractivity contribution in [2.45, 2.75) is 0 Å². The van der Waals surface area contributed by atoms with Crippen molar-refractivity contribution in [3.8, 4) is 34.3 Å². The van der Waals surface area contributed by atoms with Gasteiger partial charge in [-0.15, -0.1) is 11.3 Å². The molecule has 0 radical (unpaired) electrons. The number of hydrogen-bond donors (Lipinski definition) is 1. The van der Waals surface area contributed by atoms with Crippen LogP contribution >= 0.6 is 22.9 Å². The number of halogens is 1. The second-order valence-electron chi connectivity index (χ2n) is 6.33. The molecule has 29 heavy (non-hydrogen) atoms. The number of nitrogens with one attached hydrogen (secondary N) is 1. The van der Waals surface area contributed by atoms with E-state index >= 15 is 0 Å². The summed E-state index contributed by atoms with van der Waals surface area (Å²) in [6.45, 7) is 1.91. The number of benzene rings is 2. The normalized spacial score (nSPS) is 14.4. The van der Waals surface area contributed by atoms with Crippen LogP contribution in [0, 0.1) is 0 Å². The van der Waals surface area contributed by atoms with Gasteiger partial charge in [0.25, 0.3) is 5.91 Å². The number of ether oxygens (including phenoxy) is 4. The summed E-state index contributed by atoms with van der Waals surface area (Å²) >= 11 is 7.55. The fourth-order valence-electron chi connectivity index (χ4n) is 3.08. The molecule has 2 aliphatic rings. The summed E-state index contributed by atoms with van der Waals surface area (Å²) in [4.78, 5) is 17.2. The topological polar surface area (TPSA) is 78.9 Å². The van der Waals surface area contributed by atoms with Gasteiger partial charge in [-0.3, -0.25) is 10.1 Å². The van der Waals surface area contributed by atoms with Gasteiger partial charge >= 0.3 is 0 Å². The first-order chi connectivity index (χ1) is 14.2. The zero-order valence-corrected chi connectivity index (χ0v) is 16.6. The molecule has 0 fully saturated rings. The predicted octanol–water partition coefficient (Wildman–Crippen LogP) is 4.26. The second kappa shape index (κ2) is 7.46. The highest BCUT2D eigenvalue weighted by molar-refractivity contribution is 7.14. The number of fused-ring (bicyclic) bond motifs is 2. The molecular weight excluding hydrogens is 416 g/mol. The number of nitrogens with zero attached hydrogens (tertiary/aromatic N) is 1. The number of rotatable bonds is 3. The number of carbonyl (C=O) groups excluding carboxylic acids is 1. The van der Waals surface area contributed by atoms with E-state index in [4.69, 9.17) is 30.5 Å². The molecule has 0 saturated carbocycles. The number of aromatic nitrogens is 1. The molecule has 2 aliphatic heterocycles. The van der Waals surface area contributed by atoms with Gasteiger partial charge in [0.15, 0.2) is 28.1 Å². The Kier molecular flexibility index (Phi) is 4.65. The fourth-order valence-corrected chi connectivity index (χ4v) is 4.06. The SMILES string of the molecule is O=C(Nc1nc(-c2ccc3c(c2)OCCO3)cs1)c1cc(Cl)c2c(c1)OCCO2. The molecule has 2 aromatic carbocycles. The summed E-state index contributed by atoms with van der Waals surface area (Å²) in [6, 6.07) is 8.83. The molecule has 1 amide bonds. The van der Waals surface area contributed by atoms with Gasteiger partial charge in [-0.2, -0.15) is 0 Å². The Morgan fingerprint density at radius 3 is 2.59 bits per heavy atom. The van der Waals surface area contributed by atoms with Crippen molar-refractivity contribution >= 4 is 34.0 Å². The Hall–Kier alpha value is -2.97. The largest absolute Gasteiger partial charge is 0.486 e. The Labute approximate surface area is 175 Å². The number of thiazole rings is 1. The van der Waals surface area contributed by atoms with Crippen molar-refractivity contribution in [3.05, 3.63) is 46.3 Å². The minimum absolute atomic E-state index is 0.327. The van der Waals surface area contributed by atoms with E-state index in [2.05, 4.69) is 10.3 Å². The van der Waals surface area contributed by atoms with E-state index in [0.717, 1.165) is 17.0 Å². The van der Waals surface area contributed by atoms with Gasteiger partial charge in [0.1, 0.15) is 26.4 Å². The monoisotopic (exact) mass is 430 g/mol. The van der Waals surface area contributed by atoms with Crippen molar-refractivity contribution in [1.82, 2.24) is 4.98 Å². The Balaban J connectivity index is 1.35. The average molecular weight is 431 g/mol. The standard InChI is InChI=1S/C20H15ClN2O5S/c21-13-7-12(9-17-18(13)28-6-5-27-17)19(24)23-20-22-14(10-29-20)11-1-2-15-16(8-11)26-4-3-25-15/h1-2,7-10H,3-6H2,(H,22,23,24). The summed E-state index contributed by atoms with van der Waals surface area (Å²) in [6.07, 6.45) is 0. The van der Waals surface area contributed by atoms with Crippen molar-refractivity contribution in [3.63, 3.8) is 0 Å². The molecule has 148 valence electrons. The first-order valence-corrected chi connectivity index (χ1v) is 10.2. The van der Waals surface area contributed by atoms with E-state index in [0.29, 0.717) is 59.4 Å². The number of amides is 1. The Morgan fingerprint density at radius 1 is 0.966 bits per heavy atom. The van der Waals surface area contributed by atoms with Crippen molar-refractivity contribution in [2.75, 3.05) is 31.7 Å². The lowest BCUT2D eigenvalue weighted by Gasteiger charge is -2.20. The maximum atomic E-state index is 12.7. The van der Waals surface area contributed by atoms with Crippen LogP contribution in [-0.4, -0.2) is 37.3 Å². The molecule has 1 aromatic heterocycles. The van der Waals surface area contributed by atoms with E-state index in [1.54, 1.807) is 12.1 Å². The van der Waals surface area contributed by atoms with E-state index in [-0.39, 0.29) is 5.91 Å². The van der Waals surface area contributed by atoms with E-state index in [1.807, 2.05) is 23.6 Å². The third-order valence-electron chi connectivity index (χ3n) is 4.42. The van der Waals surface area contributed by atoms with E-state index < -0.39 is 0 Å². The van der Waals surface area contributed by atoms with Gasteiger partial charge in [-0.25, -0.2) is 4.98 Å². The molecule has 0 aliphatic carbocycles. The van der Waals surface area contributed by atoms with Crippen LogP contribution in [0.3, 0.4) is 0 Å². The molecule has 0 atom stereocenters. The Bertz CT molecular complexity index is 1100. The zero-order valence-electron chi connectivity index (χ0n) is 15.1. The Morgan fingerprint density at radius 2 is 1.72 bits per heavy atom. The highest BCUT2D eigenvalue weighted by Gasteiger charge is 2.20. The third kappa shape index (κ3) is 3.56. The van der Waals surface area contributed by atoms with Crippen LogP contribution in [0.25, 0.3) is 11.3 Å². The quantitative estimate of drug-likeness (QED) is 0.669. The van der Waals surface area contributed by atoms with E-state index in [1.165, 1.54) is 11.3 Å². The fraction of sp³-hybridized carbons (Fsp3) is 0.200. The van der Waals surface area contributed by atoms with E-state index in [9.17, 15) is 4.79 Å².